The Bertz CT molecular complexity index is 711. The number of anilines is 1. The Morgan fingerprint density at radius 2 is 2.00 bits per heavy atom. The molecule has 0 aromatic carbocycles. The lowest BCUT2D eigenvalue weighted by atomic mass is 10.1. The van der Waals surface area contributed by atoms with E-state index in [0.29, 0.717) is 45.1 Å². The van der Waals surface area contributed by atoms with E-state index in [1.54, 1.807) is 16.6 Å². The molecule has 2 fully saturated rings. The highest BCUT2D eigenvalue weighted by molar-refractivity contribution is 7.87. The van der Waals surface area contributed by atoms with E-state index in [1.165, 1.54) is 4.31 Å². The van der Waals surface area contributed by atoms with Gasteiger partial charge in [0.05, 0.1) is 18.9 Å². The first-order chi connectivity index (χ1) is 11.4. The molecule has 9 nitrogen and oxygen atoms in total. The van der Waals surface area contributed by atoms with Crippen LogP contribution in [-0.2, 0) is 26.8 Å². The lowest BCUT2D eigenvalue weighted by molar-refractivity contribution is -0.121. The summed E-state index contributed by atoms with van der Waals surface area (Å²) in [6.07, 6.45) is 1.22. The molecule has 1 N–H and O–H groups in total. The SMILES string of the molecule is Cc1cc(N2CCCC(NS(=O)(=O)N3CCOCC3)C2=O)n(C)n1. The van der Waals surface area contributed by atoms with Crippen molar-refractivity contribution in [1.29, 1.82) is 0 Å². The summed E-state index contributed by atoms with van der Waals surface area (Å²) in [5.41, 5.74) is 0.816. The van der Waals surface area contributed by atoms with Crippen molar-refractivity contribution < 1.29 is 17.9 Å². The van der Waals surface area contributed by atoms with Crippen molar-refractivity contribution in [2.24, 2.45) is 7.05 Å². The van der Waals surface area contributed by atoms with E-state index in [2.05, 4.69) is 9.82 Å². The molecule has 1 amide bonds. The van der Waals surface area contributed by atoms with Gasteiger partial charge >= 0.3 is 0 Å². The van der Waals surface area contributed by atoms with Crippen molar-refractivity contribution in [2.45, 2.75) is 25.8 Å². The average Bonchev–Trinajstić information content (AvgIpc) is 2.88. The Hall–Kier alpha value is -1.49. The van der Waals surface area contributed by atoms with Crippen molar-refractivity contribution >= 4 is 21.9 Å². The monoisotopic (exact) mass is 357 g/mol. The molecule has 24 heavy (non-hydrogen) atoms. The standard InChI is InChI=1S/C14H23N5O4S/c1-11-10-13(17(2)15-11)19-5-3-4-12(14(19)20)16-24(21,22)18-6-8-23-9-7-18/h10,12,16H,3-9H2,1-2H3. The molecule has 0 saturated carbocycles. The molecule has 2 aliphatic heterocycles. The van der Waals surface area contributed by atoms with Crippen LogP contribution in [0.2, 0.25) is 0 Å². The summed E-state index contributed by atoms with van der Waals surface area (Å²) in [6, 6.07) is 1.08. The zero-order valence-corrected chi connectivity index (χ0v) is 14.8. The van der Waals surface area contributed by atoms with E-state index >= 15 is 0 Å². The van der Waals surface area contributed by atoms with Gasteiger partial charge in [-0.2, -0.15) is 22.5 Å². The Morgan fingerprint density at radius 3 is 2.62 bits per heavy atom. The number of nitrogens with zero attached hydrogens (tertiary/aromatic N) is 4. The highest BCUT2D eigenvalue weighted by Crippen LogP contribution is 2.22. The molecule has 0 spiro atoms. The average molecular weight is 357 g/mol. The first-order valence-corrected chi connectivity index (χ1v) is 9.49. The van der Waals surface area contributed by atoms with Gasteiger partial charge in [0.25, 0.3) is 10.2 Å². The van der Waals surface area contributed by atoms with Crippen molar-refractivity contribution in [1.82, 2.24) is 18.8 Å². The molecule has 1 unspecified atom stereocenters. The second-order valence-corrected chi connectivity index (χ2v) is 7.79. The highest BCUT2D eigenvalue weighted by atomic mass is 32.2. The van der Waals surface area contributed by atoms with Gasteiger partial charge in [-0.05, 0) is 19.8 Å². The zero-order chi connectivity index (χ0) is 17.3. The van der Waals surface area contributed by atoms with E-state index in [4.69, 9.17) is 4.74 Å². The molecule has 3 rings (SSSR count). The van der Waals surface area contributed by atoms with Crippen LogP contribution in [-0.4, -0.2) is 67.3 Å². The van der Waals surface area contributed by atoms with Crippen LogP contribution in [0.15, 0.2) is 6.07 Å². The molecule has 134 valence electrons. The molecule has 1 aromatic heterocycles. The fourth-order valence-corrected chi connectivity index (χ4v) is 4.46. The van der Waals surface area contributed by atoms with Gasteiger partial charge in [-0.15, -0.1) is 0 Å². The van der Waals surface area contributed by atoms with Gasteiger partial charge in [0.2, 0.25) is 5.91 Å². The minimum absolute atomic E-state index is 0.235. The van der Waals surface area contributed by atoms with Crippen molar-refractivity contribution in [3.05, 3.63) is 11.8 Å². The van der Waals surface area contributed by atoms with Gasteiger partial charge in [-0.1, -0.05) is 0 Å². The predicted molar refractivity (Wildman–Crippen MR) is 87.8 cm³/mol. The molecule has 0 bridgehead atoms. The maximum Gasteiger partial charge on any atom is 0.280 e. The Labute approximate surface area is 141 Å². The zero-order valence-electron chi connectivity index (χ0n) is 13.9. The molecule has 1 aromatic rings. The highest BCUT2D eigenvalue weighted by Gasteiger charge is 2.36. The molecule has 0 aliphatic carbocycles. The van der Waals surface area contributed by atoms with Crippen molar-refractivity contribution in [3.8, 4) is 0 Å². The Morgan fingerprint density at radius 1 is 1.29 bits per heavy atom. The number of hydrogen-bond donors (Lipinski definition) is 1. The molecule has 2 aliphatic rings. The summed E-state index contributed by atoms with van der Waals surface area (Å²) in [7, 11) is -1.92. The lowest BCUT2D eigenvalue weighted by Gasteiger charge is -2.34. The summed E-state index contributed by atoms with van der Waals surface area (Å²) in [5.74, 6) is 0.453. The van der Waals surface area contributed by atoms with E-state index in [-0.39, 0.29) is 5.91 Å². The minimum Gasteiger partial charge on any atom is -0.379 e. The Kier molecular flexibility index (Phi) is 4.90. The third-order valence-corrected chi connectivity index (χ3v) is 5.92. The van der Waals surface area contributed by atoms with Crippen LogP contribution in [0.4, 0.5) is 5.82 Å². The summed E-state index contributed by atoms with van der Waals surface area (Å²) in [4.78, 5) is 14.4. The summed E-state index contributed by atoms with van der Waals surface area (Å²) < 4.78 is 35.7. The van der Waals surface area contributed by atoms with Crippen molar-refractivity contribution in [3.63, 3.8) is 0 Å². The molecule has 1 atom stereocenters. The van der Waals surface area contributed by atoms with Gasteiger partial charge in [-0.25, -0.2) is 0 Å². The molecule has 0 radical (unpaired) electrons. The molecular formula is C14H23N5O4S. The quantitative estimate of drug-likeness (QED) is 0.775. The van der Waals surface area contributed by atoms with Gasteiger partial charge in [-0.3, -0.25) is 14.4 Å². The number of aryl methyl sites for hydroxylation is 2. The first-order valence-electron chi connectivity index (χ1n) is 8.05. The molecular weight excluding hydrogens is 334 g/mol. The second-order valence-electron chi connectivity index (χ2n) is 6.09. The Balaban J connectivity index is 1.74. The molecule has 2 saturated heterocycles. The third kappa shape index (κ3) is 3.46. The number of morpholine rings is 1. The van der Waals surface area contributed by atoms with Gasteiger partial charge in [0, 0.05) is 32.7 Å². The number of amides is 1. The van der Waals surface area contributed by atoms with Crippen LogP contribution >= 0.6 is 0 Å². The maximum atomic E-state index is 12.8. The fraction of sp³-hybridized carbons (Fsp3) is 0.714. The van der Waals surface area contributed by atoms with Crippen LogP contribution in [0.3, 0.4) is 0 Å². The molecule has 3 heterocycles. The number of piperidine rings is 1. The fourth-order valence-electron chi connectivity index (χ4n) is 3.10. The van der Waals surface area contributed by atoms with E-state index in [0.717, 1.165) is 12.1 Å². The van der Waals surface area contributed by atoms with Crippen LogP contribution in [0, 0.1) is 6.92 Å². The van der Waals surface area contributed by atoms with Crippen LogP contribution in [0.1, 0.15) is 18.5 Å². The number of carbonyl (C=O) groups is 1. The summed E-state index contributed by atoms with van der Waals surface area (Å²) in [5, 5.41) is 4.26. The topological polar surface area (TPSA) is 96.8 Å². The van der Waals surface area contributed by atoms with Gasteiger partial charge in [0.1, 0.15) is 11.9 Å². The van der Waals surface area contributed by atoms with E-state index in [1.807, 2.05) is 13.0 Å². The van der Waals surface area contributed by atoms with Crippen LogP contribution in [0.25, 0.3) is 0 Å². The first kappa shape index (κ1) is 17.3. The minimum atomic E-state index is -3.69. The lowest BCUT2D eigenvalue weighted by Crippen LogP contribution is -2.56. The third-order valence-electron chi connectivity index (χ3n) is 4.29. The number of hydrogen-bond acceptors (Lipinski definition) is 5. The van der Waals surface area contributed by atoms with Crippen LogP contribution < -0.4 is 9.62 Å². The number of aromatic nitrogens is 2. The second kappa shape index (κ2) is 6.79. The van der Waals surface area contributed by atoms with Gasteiger partial charge < -0.3 is 4.74 Å². The van der Waals surface area contributed by atoms with Gasteiger partial charge in [0.15, 0.2) is 0 Å². The smallest absolute Gasteiger partial charge is 0.280 e. The predicted octanol–water partition coefficient (Wildman–Crippen LogP) is -0.609. The number of ether oxygens (including phenoxy) is 1. The number of carbonyl (C=O) groups excluding carboxylic acids is 1. The van der Waals surface area contributed by atoms with E-state index in [9.17, 15) is 13.2 Å². The number of nitrogens with one attached hydrogen (secondary N) is 1. The number of rotatable bonds is 4. The normalized spacial score (nSPS) is 23.7. The largest absolute Gasteiger partial charge is 0.379 e. The van der Waals surface area contributed by atoms with Crippen molar-refractivity contribution in [2.75, 3.05) is 37.7 Å². The molecule has 10 heteroatoms. The summed E-state index contributed by atoms with van der Waals surface area (Å²) in [6.45, 7) is 3.78. The summed E-state index contributed by atoms with van der Waals surface area (Å²) >= 11 is 0. The maximum absolute atomic E-state index is 12.8. The van der Waals surface area contributed by atoms with Crippen LogP contribution in [0.5, 0.6) is 0 Å². The van der Waals surface area contributed by atoms with E-state index < -0.39 is 16.3 Å².